The Bertz CT molecular complexity index is 879. The average Bonchev–Trinajstić information content (AvgIpc) is 3.12. The Morgan fingerprint density at radius 3 is 2.61 bits per heavy atom. The van der Waals surface area contributed by atoms with E-state index in [1.165, 1.54) is 12.4 Å². The van der Waals surface area contributed by atoms with E-state index >= 15 is 0 Å². The summed E-state index contributed by atoms with van der Waals surface area (Å²) in [6.45, 7) is 3.39. The molecule has 2 aromatic carbocycles. The first-order valence-corrected chi connectivity index (χ1v) is 9.38. The van der Waals surface area contributed by atoms with Gasteiger partial charge < -0.3 is 20.8 Å². The van der Waals surface area contributed by atoms with Crippen LogP contribution in [-0.4, -0.2) is 37.3 Å². The molecule has 6 nitrogen and oxygen atoms in total. The van der Waals surface area contributed by atoms with E-state index in [-0.39, 0.29) is 12.1 Å². The summed E-state index contributed by atoms with van der Waals surface area (Å²) in [6, 6.07) is 15.7. The zero-order valence-corrected chi connectivity index (χ0v) is 16.3. The van der Waals surface area contributed by atoms with Crippen molar-refractivity contribution < 1.29 is 9.53 Å². The van der Waals surface area contributed by atoms with Gasteiger partial charge in [-0.2, -0.15) is 0 Å². The van der Waals surface area contributed by atoms with Crippen LogP contribution in [0.25, 0.3) is 5.57 Å². The fraction of sp³-hybridized carbons (Fsp3) is 0.273. The minimum absolute atomic E-state index is 0.00727. The number of nitrogens with two attached hydrogens (primary N) is 1. The van der Waals surface area contributed by atoms with E-state index in [0.29, 0.717) is 24.4 Å². The maximum atomic E-state index is 13.2. The van der Waals surface area contributed by atoms with Gasteiger partial charge in [0, 0.05) is 48.4 Å². The van der Waals surface area contributed by atoms with Gasteiger partial charge in [-0.05, 0) is 24.1 Å². The number of hydrogen-bond donors (Lipinski definition) is 2. The number of methoxy groups -OCH3 is 1. The molecule has 1 unspecified atom stereocenters. The number of urea groups is 1. The van der Waals surface area contributed by atoms with Crippen LogP contribution < -0.4 is 15.4 Å². The molecule has 1 saturated heterocycles. The smallest absolute Gasteiger partial charge is 0.325 e. The molecular formula is C22H26N4O2. The summed E-state index contributed by atoms with van der Waals surface area (Å²) in [5, 5.41) is 7.50. The number of rotatable bonds is 7. The van der Waals surface area contributed by atoms with Crippen LogP contribution in [0.3, 0.4) is 0 Å². The largest absolute Gasteiger partial charge is 0.496 e. The monoisotopic (exact) mass is 378 g/mol. The lowest BCUT2D eigenvalue weighted by Gasteiger charge is -2.27. The van der Waals surface area contributed by atoms with Crippen molar-refractivity contribution in [1.29, 1.82) is 5.41 Å². The molecule has 0 radical (unpaired) electrons. The number of ether oxygens (including phenoxy) is 1. The van der Waals surface area contributed by atoms with E-state index in [2.05, 4.69) is 19.1 Å². The Kier molecular flexibility index (Phi) is 5.99. The third kappa shape index (κ3) is 3.58. The second kappa shape index (κ2) is 8.61. The maximum absolute atomic E-state index is 13.2. The molecular weight excluding hydrogens is 352 g/mol. The number of benzene rings is 2. The van der Waals surface area contributed by atoms with Crippen molar-refractivity contribution in [2.24, 2.45) is 5.73 Å². The van der Waals surface area contributed by atoms with Gasteiger partial charge in [-0.25, -0.2) is 4.79 Å². The van der Waals surface area contributed by atoms with Crippen molar-refractivity contribution in [3.8, 4) is 5.75 Å². The molecule has 0 saturated carbocycles. The predicted octanol–water partition coefficient (Wildman–Crippen LogP) is 4.04. The van der Waals surface area contributed by atoms with Gasteiger partial charge in [-0.15, -0.1) is 0 Å². The fourth-order valence-corrected chi connectivity index (χ4v) is 3.70. The van der Waals surface area contributed by atoms with Crippen LogP contribution in [0.4, 0.5) is 10.5 Å². The lowest BCUT2D eigenvalue weighted by atomic mass is 10.0. The van der Waals surface area contributed by atoms with Crippen LogP contribution in [0.5, 0.6) is 5.75 Å². The SMILES string of the molecule is CCC(c1ccccc1)N1CCN(c2ccc(/C(C=N)=C/N)c(OC)c2)C1=O. The number of anilines is 1. The van der Waals surface area contributed by atoms with Crippen molar-refractivity contribution in [2.75, 3.05) is 25.1 Å². The fourth-order valence-electron chi connectivity index (χ4n) is 3.70. The van der Waals surface area contributed by atoms with Gasteiger partial charge in [0.25, 0.3) is 0 Å². The summed E-state index contributed by atoms with van der Waals surface area (Å²) in [4.78, 5) is 16.9. The van der Waals surface area contributed by atoms with Gasteiger partial charge >= 0.3 is 6.03 Å². The summed E-state index contributed by atoms with van der Waals surface area (Å²) < 4.78 is 5.48. The molecule has 1 aliphatic heterocycles. The summed E-state index contributed by atoms with van der Waals surface area (Å²) in [5.41, 5.74) is 8.82. The van der Waals surface area contributed by atoms with Gasteiger partial charge in [-0.3, -0.25) is 4.90 Å². The Hall–Kier alpha value is -3.28. The van der Waals surface area contributed by atoms with Crippen LogP contribution in [0.15, 0.2) is 54.7 Å². The molecule has 1 atom stereocenters. The van der Waals surface area contributed by atoms with Crippen LogP contribution in [0.1, 0.15) is 30.5 Å². The molecule has 3 N–H and O–H groups in total. The molecule has 0 aromatic heterocycles. The van der Waals surface area contributed by atoms with Crippen molar-refractivity contribution in [2.45, 2.75) is 19.4 Å². The third-order valence-electron chi connectivity index (χ3n) is 5.13. The molecule has 0 spiro atoms. The molecule has 1 aliphatic rings. The summed E-state index contributed by atoms with van der Waals surface area (Å²) in [5.74, 6) is 0.582. The van der Waals surface area contributed by atoms with Crippen LogP contribution in [0, 0.1) is 5.41 Å². The second-order valence-electron chi connectivity index (χ2n) is 6.61. The Morgan fingerprint density at radius 1 is 1.25 bits per heavy atom. The molecule has 3 rings (SSSR count). The van der Waals surface area contributed by atoms with Gasteiger partial charge in [-0.1, -0.05) is 37.3 Å². The van der Waals surface area contributed by atoms with E-state index in [1.807, 2.05) is 41.3 Å². The number of amides is 2. The van der Waals surface area contributed by atoms with Crippen LogP contribution >= 0.6 is 0 Å². The lowest BCUT2D eigenvalue weighted by Crippen LogP contribution is -2.34. The number of carbonyl (C=O) groups excluding carboxylic acids is 1. The minimum Gasteiger partial charge on any atom is -0.496 e. The first-order chi connectivity index (χ1) is 13.6. The zero-order chi connectivity index (χ0) is 20.1. The highest BCUT2D eigenvalue weighted by Crippen LogP contribution is 2.34. The topological polar surface area (TPSA) is 82.7 Å². The lowest BCUT2D eigenvalue weighted by molar-refractivity contribution is 0.199. The molecule has 0 aliphatic carbocycles. The molecule has 28 heavy (non-hydrogen) atoms. The van der Waals surface area contributed by atoms with Crippen LogP contribution in [-0.2, 0) is 0 Å². The van der Waals surface area contributed by atoms with E-state index in [0.717, 1.165) is 23.2 Å². The zero-order valence-electron chi connectivity index (χ0n) is 16.3. The quantitative estimate of drug-likeness (QED) is 0.714. The maximum Gasteiger partial charge on any atom is 0.325 e. The van der Waals surface area contributed by atoms with Crippen molar-refractivity contribution >= 4 is 23.5 Å². The predicted molar refractivity (Wildman–Crippen MR) is 113 cm³/mol. The molecule has 6 heteroatoms. The number of allylic oxidation sites excluding steroid dienone is 1. The Balaban J connectivity index is 1.88. The Morgan fingerprint density at radius 2 is 2.00 bits per heavy atom. The summed E-state index contributed by atoms with van der Waals surface area (Å²) >= 11 is 0. The first kappa shape index (κ1) is 19.5. The first-order valence-electron chi connectivity index (χ1n) is 9.38. The highest BCUT2D eigenvalue weighted by atomic mass is 16.5. The third-order valence-corrected chi connectivity index (χ3v) is 5.13. The van der Waals surface area contributed by atoms with E-state index in [4.69, 9.17) is 15.9 Å². The Labute approximate surface area is 165 Å². The average molecular weight is 378 g/mol. The van der Waals surface area contributed by atoms with Gasteiger partial charge in [0.1, 0.15) is 5.75 Å². The summed E-state index contributed by atoms with van der Waals surface area (Å²) in [7, 11) is 1.57. The normalized spacial score (nSPS) is 15.6. The van der Waals surface area contributed by atoms with Crippen molar-refractivity contribution in [3.05, 3.63) is 65.9 Å². The van der Waals surface area contributed by atoms with Crippen LogP contribution in [0.2, 0.25) is 0 Å². The molecule has 1 heterocycles. The van der Waals surface area contributed by atoms with Gasteiger partial charge in [0.05, 0.1) is 13.2 Å². The molecule has 0 bridgehead atoms. The van der Waals surface area contributed by atoms with E-state index in [1.54, 1.807) is 12.0 Å². The molecule has 1 fully saturated rings. The molecule has 146 valence electrons. The second-order valence-corrected chi connectivity index (χ2v) is 6.61. The van der Waals surface area contributed by atoms with Gasteiger partial charge in [0.2, 0.25) is 0 Å². The molecule has 2 aromatic rings. The minimum atomic E-state index is -0.00727. The number of nitrogens with zero attached hydrogens (tertiary/aromatic N) is 2. The standard InChI is InChI=1S/C22H26N4O2/c1-3-20(16-7-5-4-6-8-16)26-12-11-25(22(26)27)18-9-10-19(17(14-23)15-24)21(13-18)28-2/h4-10,13-15,20,23H,3,11-12,24H2,1-2H3/b17-15+,23-14?. The number of nitrogens with one attached hydrogen (secondary N) is 1. The highest BCUT2D eigenvalue weighted by molar-refractivity contribution is 6.09. The van der Waals surface area contributed by atoms with E-state index < -0.39 is 0 Å². The van der Waals surface area contributed by atoms with Crippen molar-refractivity contribution in [1.82, 2.24) is 4.90 Å². The number of carbonyl (C=O) groups is 1. The van der Waals surface area contributed by atoms with E-state index in [9.17, 15) is 4.79 Å². The molecule has 2 amide bonds. The number of hydrogen-bond acceptors (Lipinski definition) is 4. The van der Waals surface area contributed by atoms with Crippen molar-refractivity contribution in [3.63, 3.8) is 0 Å². The highest BCUT2D eigenvalue weighted by Gasteiger charge is 2.34. The summed E-state index contributed by atoms with van der Waals surface area (Å²) in [6.07, 6.45) is 3.42. The van der Waals surface area contributed by atoms with Gasteiger partial charge in [0.15, 0.2) is 0 Å².